The van der Waals surface area contributed by atoms with Crippen LogP contribution >= 0.6 is 11.3 Å². The smallest absolute Gasteiger partial charge is 0.248 e. The maximum Gasteiger partial charge on any atom is 0.248 e. The van der Waals surface area contributed by atoms with Gasteiger partial charge in [-0.1, -0.05) is 0 Å². The minimum absolute atomic E-state index is 0.000350. The number of hydrogen-bond donors (Lipinski definition) is 0. The van der Waals surface area contributed by atoms with Gasteiger partial charge in [-0.3, -0.25) is 9.69 Å². The van der Waals surface area contributed by atoms with Crippen LogP contribution in [0, 0.1) is 5.41 Å². The van der Waals surface area contributed by atoms with Crippen molar-refractivity contribution in [3.05, 3.63) is 16.6 Å². The minimum atomic E-state index is 0.000350. The molecule has 0 aliphatic carbocycles. The lowest BCUT2D eigenvalue weighted by Gasteiger charge is -2.50. The summed E-state index contributed by atoms with van der Waals surface area (Å²) in [5.41, 5.74) is 0.000350. The largest absolute Gasteiger partial charge is 0.377 e. The third kappa shape index (κ3) is 4.14. The fourth-order valence-corrected chi connectivity index (χ4v) is 4.38. The first-order valence-electron chi connectivity index (χ1n) is 8.59. The molecule has 0 saturated carbocycles. The standard InChI is InChI=1S/C17H27N3O3S/c1-19(2)16(21)11-22-13-17-5-3-8-23-14(17)4-7-20(12-17)10-15-18-6-9-24-15/h6,9,14H,3-5,7-8,10-13H2,1-2H3/t14-,17-/m1/s1. The monoisotopic (exact) mass is 353 g/mol. The van der Waals surface area contributed by atoms with E-state index in [1.54, 1.807) is 30.3 Å². The highest BCUT2D eigenvalue weighted by atomic mass is 32.1. The highest BCUT2D eigenvalue weighted by molar-refractivity contribution is 7.09. The second-order valence-electron chi connectivity index (χ2n) is 7.03. The van der Waals surface area contributed by atoms with E-state index in [1.165, 1.54) is 0 Å². The van der Waals surface area contributed by atoms with E-state index >= 15 is 0 Å². The molecule has 0 bridgehead atoms. The number of aromatic nitrogens is 1. The number of likely N-dealkylation sites (tertiary alicyclic amines) is 1. The van der Waals surface area contributed by atoms with Gasteiger partial charge in [-0.15, -0.1) is 11.3 Å². The van der Waals surface area contributed by atoms with Crippen LogP contribution in [0.4, 0.5) is 0 Å². The Morgan fingerprint density at radius 1 is 1.58 bits per heavy atom. The molecule has 3 heterocycles. The van der Waals surface area contributed by atoms with Crippen LogP contribution in [-0.2, 0) is 20.8 Å². The van der Waals surface area contributed by atoms with E-state index in [-0.39, 0.29) is 24.0 Å². The van der Waals surface area contributed by atoms with Crippen LogP contribution in [0.15, 0.2) is 11.6 Å². The van der Waals surface area contributed by atoms with Crippen molar-refractivity contribution >= 4 is 17.2 Å². The van der Waals surface area contributed by atoms with Crippen molar-refractivity contribution in [1.29, 1.82) is 0 Å². The number of ether oxygens (including phenoxy) is 2. The van der Waals surface area contributed by atoms with Crippen molar-refractivity contribution < 1.29 is 14.3 Å². The molecule has 2 saturated heterocycles. The molecule has 6 nitrogen and oxygen atoms in total. The molecule has 2 fully saturated rings. The fraction of sp³-hybridized carbons (Fsp3) is 0.765. The van der Waals surface area contributed by atoms with Gasteiger partial charge in [0.1, 0.15) is 11.6 Å². The molecule has 7 heteroatoms. The quantitative estimate of drug-likeness (QED) is 0.778. The Kier molecular flexibility index (Phi) is 5.86. The maximum atomic E-state index is 11.8. The van der Waals surface area contributed by atoms with Gasteiger partial charge < -0.3 is 14.4 Å². The van der Waals surface area contributed by atoms with Crippen LogP contribution in [-0.4, -0.2) is 73.8 Å². The molecule has 0 aromatic carbocycles. The van der Waals surface area contributed by atoms with Gasteiger partial charge in [-0.05, 0) is 19.3 Å². The number of nitrogens with zero attached hydrogens (tertiary/aromatic N) is 3. The van der Waals surface area contributed by atoms with E-state index in [0.717, 1.165) is 50.5 Å². The molecule has 3 rings (SSSR count). The van der Waals surface area contributed by atoms with Gasteiger partial charge in [0, 0.05) is 50.8 Å². The predicted octanol–water partition coefficient (Wildman–Crippen LogP) is 1.62. The number of piperidine rings is 1. The summed E-state index contributed by atoms with van der Waals surface area (Å²) in [6, 6.07) is 0. The van der Waals surface area contributed by atoms with E-state index < -0.39 is 0 Å². The molecular weight excluding hydrogens is 326 g/mol. The van der Waals surface area contributed by atoms with Crippen molar-refractivity contribution in [2.75, 3.05) is 47.0 Å². The summed E-state index contributed by atoms with van der Waals surface area (Å²) in [5, 5.41) is 3.18. The summed E-state index contributed by atoms with van der Waals surface area (Å²) >= 11 is 1.70. The average Bonchev–Trinajstić information content (AvgIpc) is 3.07. The van der Waals surface area contributed by atoms with E-state index in [2.05, 4.69) is 9.88 Å². The van der Waals surface area contributed by atoms with Crippen LogP contribution in [0.3, 0.4) is 0 Å². The normalized spacial score (nSPS) is 27.7. The maximum absolute atomic E-state index is 11.8. The predicted molar refractivity (Wildman–Crippen MR) is 92.9 cm³/mol. The van der Waals surface area contributed by atoms with Gasteiger partial charge in [0.15, 0.2) is 0 Å². The van der Waals surface area contributed by atoms with E-state index in [9.17, 15) is 4.79 Å². The Morgan fingerprint density at radius 3 is 3.21 bits per heavy atom. The number of likely N-dealkylation sites (N-methyl/N-ethyl adjacent to an activating group) is 1. The van der Waals surface area contributed by atoms with Crippen LogP contribution in [0.2, 0.25) is 0 Å². The first-order chi connectivity index (χ1) is 11.6. The zero-order chi connectivity index (χ0) is 17.0. The number of hydrogen-bond acceptors (Lipinski definition) is 6. The Balaban J connectivity index is 1.62. The molecule has 2 atom stereocenters. The lowest BCUT2D eigenvalue weighted by molar-refractivity contribution is -0.160. The lowest BCUT2D eigenvalue weighted by Crippen LogP contribution is -2.56. The Hall–Kier alpha value is -1.02. The molecule has 24 heavy (non-hydrogen) atoms. The Labute approximate surface area is 147 Å². The first kappa shape index (κ1) is 17.8. The molecule has 0 radical (unpaired) electrons. The second kappa shape index (κ2) is 7.91. The summed E-state index contributed by atoms with van der Waals surface area (Å²) < 4.78 is 11.9. The van der Waals surface area contributed by atoms with Gasteiger partial charge in [0.05, 0.1) is 19.3 Å². The number of thiazole rings is 1. The van der Waals surface area contributed by atoms with Crippen molar-refractivity contribution in [3.8, 4) is 0 Å². The van der Waals surface area contributed by atoms with Crippen molar-refractivity contribution in [2.45, 2.75) is 31.9 Å². The summed E-state index contributed by atoms with van der Waals surface area (Å²) in [5.74, 6) is 0.00938. The third-order valence-electron chi connectivity index (χ3n) is 5.02. The summed E-state index contributed by atoms with van der Waals surface area (Å²) in [7, 11) is 3.51. The molecule has 2 aliphatic heterocycles. The molecular formula is C17H27N3O3S. The first-order valence-corrected chi connectivity index (χ1v) is 9.47. The second-order valence-corrected chi connectivity index (χ2v) is 8.01. The third-order valence-corrected chi connectivity index (χ3v) is 5.79. The van der Waals surface area contributed by atoms with Gasteiger partial charge in [0.25, 0.3) is 0 Å². The Morgan fingerprint density at radius 2 is 2.46 bits per heavy atom. The summed E-state index contributed by atoms with van der Waals surface area (Å²) in [6.45, 7) is 4.45. The SMILES string of the molecule is CN(C)C(=O)COC[C@]12CCCO[C@@H]1CCN(Cc1nccs1)C2. The van der Waals surface area contributed by atoms with E-state index in [4.69, 9.17) is 9.47 Å². The van der Waals surface area contributed by atoms with Crippen LogP contribution in [0.5, 0.6) is 0 Å². The van der Waals surface area contributed by atoms with Gasteiger partial charge in [-0.2, -0.15) is 0 Å². The molecule has 1 aromatic rings. The number of carbonyl (C=O) groups is 1. The molecule has 0 N–H and O–H groups in total. The number of amides is 1. The van der Waals surface area contributed by atoms with Gasteiger partial charge >= 0.3 is 0 Å². The molecule has 1 amide bonds. The highest BCUT2D eigenvalue weighted by Gasteiger charge is 2.46. The molecule has 2 aliphatic rings. The van der Waals surface area contributed by atoms with E-state index in [1.807, 2.05) is 11.6 Å². The minimum Gasteiger partial charge on any atom is -0.377 e. The zero-order valence-corrected chi connectivity index (χ0v) is 15.4. The van der Waals surface area contributed by atoms with Crippen LogP contribution < -0.4 is 0 Å². The van der Waals surface area contributed by atoms with Crippen molar-refractivity contribution in [3.63, 3.8) is 0 Å². The van der Waals surface area contributed by atoms with Crippen molar-refractivity contribution in [2.24, 2.45) is 5.41 Å². The number of carbonyl (C=O) groups excluding carboxylic acids is 1. The molecule has 0 unspecified atom stereocenters. The Bertz CT molecular complexity index is 537. The molecule has 134 valence electrons. The summed E-state index contributed by atoms with van der Waals surface area (Å²) in [4.78, 5) is 20.2. The van der Waals surface area contributed by atoms with Crippen molar-refractivity contribution in [1.82, 2.24) is 14.8 Å². The molecule has 1 aromatic heterocycles. The highest BCUT2D eigenvalue weighted by Crippen LogP contribution is 2.40. The van der Waals surface area contributed by atoms with Gasteiger partial charge in [-0.25, -0.2) is 4.98 Å². The fourth-order valence-electron chi connectivity index (χ4n) is 3.72. The van der Waals surface area contributed by atoms with Crippen LogP contribution in [0.25, 0.3) is 0 Å². The number of fused-ring (bicyclic) bond motifs is 1. The lowest BCUT2D eigenvalue weighted by atomic mass is 9.73. The summed E-state index contributed by atoms with van der Waals surface area (Å²) in [6.07, 6.45) is 5.29. The van der Waals surface area contributed by atoms with E-state index in [0.29, 0.717) is 6.61 Å². The number of rotatable bonds is 6. The molecule has 0 spiro atoms. The van der Waals surface area contributed by atoms with Gasteiger partial charge in [0.2, 0.25) is 5.91 Å². The topological polar surface area (TPSA) is 54.9 Å². The average molecular weight is 353 g/mol. The van der Waals surface area contributed by atoms with Crippen LogP contribution in [0.1, 0.15) is 24.3 Å². The zero-order valence-electron chi connectivity index (χ0n) is 14.6.